The van der Waals surface area contributed by atoms with Gasteiger partial charge in [-0.3, -0.25) is 4.98 Å². The van der Waals surface area contributed by atoms with Crippen LogP contribution in [0.2, 0.25) is 0 Å². The summed E-state index contributed by atoms with van der Waals surface area (Å²) in [5, 5.41) is 0. The highest BCUT2D eigenvalue weighted by Gasteiger charge is 1.82. The van der Waals surface area contributed by atoms with Crippen molar-refractivity contribution in [2.45, 2.75) is 27.7 Å². The normalized spacial score (nSPS) is 8.00. The number of aryl methyl sites for hydroxylation is 2. The van der Waals surface area contributed by atoms with Crippen LogP contribution in [0.25, 0.3) is 0 Å². The van der Waals surface area contributed by atoms with Crippen molar-refractivity contribution in [1.29, 1.82) is 0 Å². The largest absolute Gasteiger partial charge is 0.258 e. The van der Waals surface area contributed by atoms with Crippen molar-refractivity contribution in [3.63, 3.8) is 0 Å². The van der Waals surface area contributed by atoms with Gasteiger partial charge in [-0.25, -0.2) is 0 Å². The van der Waals surface area contributed by atoms with E-state index >= 15 is 0 Å². The fourth-order valence-corrected chi connectivity index (χ4v) is 0.679. The zero-order chi connectivity index (χ0) is 7.98. The molecule has 0 aliphatic rings. The molecule has 0 unspecified atom stereocenters. The molecule has 0 N–H and O–H groups in total. The quantitative estimate of drug-likeness (QED) is 0.538. The smallest absolute Gasteiger partial charge is 0.0375 e. The number of nitrogens with zero attached hydrogens (tertiary/aromatic N) is 1. The summed E-state index contributed by atoms with van der Waals surface area (Å²) in [6.07, 6.45) is 0. The van der Waals surface area contributed by atoms with Crippen LogP contribution in [0, 0.1) is 13.8 Å². The summed E-state index contributed by atoms with van der Waals surface area (Å²) >= 11 is 0. The van der Waals surface area contributed by atoms with Gasteiger partial charge < -0.3 is 0 Å². The van der Waals surface area contributed by atoms with Crippen LogP contribution in [0.1, 0.15) is 26.7 Å². The molecular weight excluding hydrogens is 122 g/mol. The van der Waals surface area contributed by atoms with Crippen LogP contribution < -0.4 is 0 Å². The molecule has 0 fully saturated rings. The third-order valence-electron chi connectivity index (χ3n) is 1.03. The van der Waals surface area contributed by atoms with Gasteiger partial charge in [0.2, 0.25) is 0 Å². The van der Waals surface area contributed by atoms with E-state index in [2.05, 4.69) is 4.98 Å². The van der Waals surface area contributed by atoms with Gasteiger partial charge >= 0.3 is 0 Å². The predicted molar refractivity (Wildman–Crippen MR) is 47.2 cm³/mol. The first-order valence-corrected chi connectivity index (χ1v) is 3.69. The van der Waals surface area contributed by atoms with Gasteiger partial charge in [0.05, 0.1) is 0 Å². The van der Waals surface area contributed by atoms with E-state index in [4.69, 9.17) is 0 Å². The van der Waals surface area contributed by atoms with Crippen LogP contribution in [-0.4, -0.2) is 4.98 Å². The third-order valence-corrected chi connectivity index (χ3v) is 1.03. The van der Waals surface area contributed by atoms with E-state index in [9.17, 15) is 0 Å². The summed E-state index contributed by atoms with van der Waals surface area (Å²) in [5.41, 5.74) is 2.18. The Kier molecular flexibility index (Phi) is 4.55. The van der Waals surface area contributed by atoms with Gasteiger partial charge in [-0.1, -0.05) is 19.9 Å². The predicted octanol–water partition coefficient (Wildman–Crippen LogP) is 2.97. The average molecular weight is 139 g/mol. The zero-order valence-electron chi connectivity index (χ0n) is 7.18. The van der Waals surface area contributed by atoms with E-state index in [0.717, 1.165) is 11.4 Å². The van der Waals surface area contributed by atoms with Crippen molar-refractivity contribution in [1.82, 2.24) is 4.98 Å². The van der Waals surface area contributed by atoms with Crippen LogP contribution >= 0.6 is 0 Å². The van der Waals surface area contributed by atoms with Gasteiger partial charge in [0.1, 0.15) is 0 Å². The third kappa shape index (κ3) is 3.23. The molecule has 1 aromatic heterocycles. The molecule has 0 aliphatic carbocycles. The highest BCUT2D eigenvalue weighted by molar-refractivity contribution is 5.07. The van der Waals surface area contributed by atoms with E-state index in [1.807, 2.05) is 45.9 Å². The Balaban J connectivity index is 0. The zero-order valence-corrected chi connectivity index (χ0v) is 7.18. The van der Waals surface area contributed by atoms with Gasteiger partial charge in [0.25, 0.3) is 0 Å². The summed E-state index contributed by atoms with van der Waals surface area (Å²) in [6.45, 7) is 7.99. The van der Waals surface area contributed by atoms with E-state index in [-0.39, 0.29) is 1.43 Å². The molecule has 0 saturated heterocycles. The van der Waals surface area contributed by atoms with Crippen molar-refractivity contribution < 1.29 is 1.43 Å². The second kappa shape index (κ2) is 4.98. The highest BCUT2D eigenvalue weighted by atomic mass is 14.7. The monoisotopic (exact) mass is 139 g/mol. The van der Waals surface area contributed by atoms with Crippen LogP contribution in [0.15, 0.2) is 18.2 Å². The van der Waals surface area contributed by atoms with Crippen LogP contribution in [0.3, 0.4) is 0 Å². The van der Waals surface area contributed by atoms with Crippen LogP contribution in [-0.2, 0) is 0 Å². The first-order valence-electron chi connectivity index (χ1n) is 3.69. The lowest BCUT2D eigenvalue weighted by Gasteiger charge is -1.90. The van der Waals surface area contributed by atoms with E-state index in [1.54, 1.807) is 0 Å². The first-order chi connectivity index (χ1) is 4.79. The Morgan fingerprint density at radius 3 is 1.70 bits per heavy atom. The van der Waals surface area contributed by atoms with Crippen LogP contribution in [0.4, 0.5) is 0 Å². The fourth-order valence-electron chi connectivity index (χ4n) is 0.679. The molecule has 0 saturated carbocycles. The Labute approximate surface area is 64.6 Å². The topological polar surface area (TPSA) is 12.9 Å². The molecule has 58 valence electrons. The van der Waals surface area contributed by atoms with Gasteiger partial charge in [-0.15, -0.1) is 0 Å². The standard InChI is InChI=1S/C7H9N.C2H6.H2/c1-6-4-3-5-7(2)8-6;1-2;/h3-5H,1-2H3;1-2H3;1H. The average Bonchev–Trinajstić information content (AvgIpc) is 1.91. The number of pyridine rings is 1. The Morgan fingerprint density at radius 1 is 1.10 bits per heavy atom. The van der Waals surface area contributed by atoms with Gasteiger partial charge in [0.15, 0.2) is 0 Å². The second-order valence-corrected chi connectivity index (χ2v) is 1.92. The van der Waals surface area contributed by atoms with E-state index in [0.29, 0.717) is 0 Å². The van der Waals surface area contributed by atoms with Gasteiger partial charge in [-0.2, -0.15) is 0 Å². The van der Waals surface area contributed by atoms with Crippen molar-refractivity contribution in [2.24, 2.45) is 0 Å². The van der Waals surface area contributed by atoms with Crippen molar-refractivity contribution in [3.8, 4) is 0 Å². The highest BCUT2D eigenvalue weighted by Crippen LogP contribution is 1.93. The Hall–Kier alpha value is -0.850. The molecule has 0 atom stereocenters. The molecule has 1 aromatic rings. The Morgan fingerprint density at radius 2 is 1.50 bits per heavy atom. The van der Waals surface area contributed by atoms with Crippen LogP contribution in [0.5, 0.6) is 0 Å². The first kappa shape index (κ1) is 9.15. The minimum absolute atomic E-state index is 0. The molecule has 1 nitrogen and oxygen atoms in total. The minimum atomic E-state index is 0. The summed E-state index contributed by atoms with van der Waals surface area (Å²) < 4.78 is 0. The molecule has 0 aromatic carbocycles. The van der Waals surface area contributed by atoms with Gasteiger partial charge in [-0.05, 0) is 26.0 Å². The maximum absolute atomic E-state index is 4.17. The number of hydrogen-bond acceptors (Lipinski definition) is 1. The maximum Gasteiger partial charge on any atom is 0.0375 e. The lowest BCUT2D eigenvalue weighted by Crippen LogP contribution is -1.81. The molecule has 0 bridgehead atoms. The molecule has 0 aliphatic heterocycles. The number of hydrogen-bond donors (Lipinski definition) is 0. The molecule has 0 amide bonds. The lowest BCUT2D eigenvalue weighted by molar-refractivity contribution is 1.12. The lowest BCUT2D eigenvalue weighted by atomic mass is 10.3. The minimum Gasteiger partial charge on any atom is -0.258 e. The Bertz CT molecular complexity index is 169. The second-order valence-electron chi connectivity index (χ2n) is 1.92. The van der Waals surface area contributed by atoms with E-state index in [1.165, 1.54) is 0 Å². The van der Waals surface area contributed by atoms with Gasteiger partial charge in [0, 0.05) is 12.8 Å². The van der Waals surface area contributed by atoms with E-state index < -0.39 is 0 Å². The van der Waals surface area contributed by atoms with Crippen molar-refractivity contribution >= 4 is 0 Å². The SMILES string of the molecule is CC.Cc1cccc(C)n1.[HH]. The van der Waals surface area contributed by atoms with Crippen molar-refractivity contribution in [3.05, 3.63) is 29.6 Å². The summed E-state index contributed by atoms with van der Waals surface area (Å²) in [7, 11) is 0. The molecule has 10 heavy (non-hydrogen) atoms. The molecule has 1 heteroatoms. The maximum atomic E-state index is 4.17. The number of rotatable bonds is 0. The fraction of sp³-hybridized carbons (Fsp3) is 0.444. The summed E-state index contributed by atoms with van der Waals surface area (Å²) in [6, 6.07) is 6.00. The van der Waals surface area contributed by atoms with Crippen molar-refractivity contribution in [2.75, 3.05) is 0 Å². The molecule has 0 radical (unpaired) electrons. The molecule has 1 heterocycles. The molecule has 0 spiro atoms. The molecular formula is C9H17N. The molecule has 1 rings (SSSR count). The number of aromatic nitrogens is 1. The summed E-state index contributed by atoms with van der Waals surface area (Å²) in [4.78, 5) is 4.17. The summed E-state index contributed by atoms with van der Waals surface area (Å²) in [5.74, 6) is 0.